The van der Waals surface area contributed by atoms with Crippen molar-refractivity contribution in [2.75, 3.05) is 0 Å². The number of benzene rings is 5. The number of thiophene rings is 1. The normalized spacial score (nSPS) is 17.1. The van der Waals surface area contributed by atoms with E-state index in [1.165, 1.54) is 52.8 Å². The van der Waals surface area contributed by atoms with Crippen LogP contribution in [0.3, 0.4) is 0 Å². The molecule has 1 saturated heterocycles. The molecule has 36 heavy (non-hydrogen) atoms. The Bertz CT molecular complexity index is 1780. The first-order chi connectivity index (χ1) is 17.3. The molecule has 1 aliphatic heterocycles. The zero-order valence-corrected chi connectivity index (χ0v) is 21.8. The summed E-state index contributed by atoms with van der Waals surface area (Å²) in [7, 11) is -0.345. The second-order valence-corrected chi connectivity index (χ2v) is 11.8. The number of hydrogen-bond donors (Lipinski definition) is 0. The van der Waals surface area contributed by atoms with Gasteiger partial charge < -0.3 is 9.31 Å². The van der Waals surface area contributed by atoms with E-state index in [0.29, 0.717) is 0 Å². The van der Waals surface area contributed by atoms with Crippen LogP contribution in [-0.2, 0) is 9.31 Å². The second-order valence-electron chi connectivity index (χ2n) is 10.8. The van der Waals surface area contributed by atoms with Gasteiger partial charge in [0.15, 0.2) is 0 Å². The van der Waals surface area contributed by atoms with E-state index in [4.69, 9.17) is 9.31 Å². The Morgan fingerprint density at radius 1 is 0.556 bits per heavy atom. The third-order valence-electron chi connectivity index (χ3n) is 8.12. The SMILES string of the molecule is CC1(C)OB(c2ccc(-c3cccc4c3sc3c5ccccc5c5ccccc5c43)cc2)OC1(C)C. The van der Waals surface area contributed by atoms with Crippen LogP contribution < -0.4 is 5.46 Å². The van der Waals surface area contributed by atoms with Gasteiger partial charge in [-0.25, -0.2) is 0 Å². The van der Waals surface area contributed by atoms with Crippen LogP contribution in [0.5, 0.6) is 0 Å². The molecule has 0 aliphatic carbocycles. The first-order valence-corrected chi connectivity index (χ1v) is 13.4. The van der Waals surface area contributed by atoms with E-state index in [1.807, 2.05) is 11.3 Å². The van der Waals surface area contributed by atoms with Gasteiger partial charge in [0.05, 0.1) is 11.2 Å². The second kappa shape index (κ2) is 7.66. The highest BCUT2D eigenvalue weighted by Crippen LogP contribution is 2.46. The molecule has 2 heterocycles. The summed E-state index contributed by atoms with van der Waals surface area (Å²) in [4.78, 5) is 0. The van der Waals surface area contributed by atoms with Gasteiger partial charge in [0.25, 0.3) is 0 Å². The molecule has 1 aromatic heterocycles. The molecule has 0 atom stereocenters. The Morgan fingerprint density at radius 2 is 1.11 bits per heavy atom. The topological polar surface area (TPSA) is 18.5 Å². The van der Waals surface area contributed by atoms with Gasteiger partial charge in [-0.05, 0) is 60.4 Å². The lowest BCUT2D eigenvalue weighted by Crippen LogP contribution is -2.41. The fraction of sp³-hybridized carbons (Fsp3) is 0.188. The van der Waals surface area contributed by atoms with Gasteiger partial charge >= 0.3 is 7.12 Å². The van der Waals surface area contributed by atoms with Crippen molar-refractivity contribution in [3.63, 3.8) is 0 Å². The molecule has 0 radical (unpaired) electrons. The van der Waals surface area contributed by atoms with Gasteiger partial charge in [-0.15, -0.1) is 11.3 Å². The number of rotatable bonds is 2. The number of fused-ring (bicyclic) bond motifs is 8. The van der Waals surface area contributed by atoms with E-state index in [-0.39, 0.29) is 18.3 Å². The van der Waals surface area contributed by atoms with Crippen LogP contribution in [0.2, 0.25) is 0 Å². The number of hydrogen-bond acceptors (Lipinski definition) is 3. The van der Waals surface area contributed by atoms with Crippen LogP contribution in [-0.4, -0.2) is 18.3 Å². The quantitative estimate of drug-likeness (QED) is 0.181. The molecule has 1 aliphatic rings. The van der Waals surface area contributed by atoms with E-state index in [2.05, 4.69) is 119 Å². The standard InChI is InChI=1S/C32H27BO2S/c1-31(2)32(3,4)35-33(34-31)21-18-16-20(17-19-21)22-14-9-15-27-28-25-12-7-5-10-23(25)24-11-6-8-13-26(24)30(28)36-29(22)27/h5-19H,1-4H3. The van der Waals surface area contributed by atoms with Crippen molar-refractivity contribution < 1.29 is 9.31 Å². The molecule has 0 bridgehead atoms. The molecule has 4 heteroatoms. The lowest BCUT2D eigenvalue weighted by atomic mass is 9.78. The van der Waals surface area contributed by atoms with Gasteiger partial charge in [0.1, 0.15) is 0 Å². The lowest BCUT2D eigenvalue weighted by Gasteiger charge is -2.32. The lowest BCUT2D eigenvalue weighted by molar-refractivity contribution is 0.00578. The predicted octanol–water partition coefficient (Wildman–Crippen LogP) is 8.33. The molecule has 1 fully saturated rings. The Balaban J connectivity index is 1.40. The van der Waals surface area contributed by atoms with E-state index in [1.54, 1.807) is 0 Å². The van der Waals surface area contributed by atoms with Crippen LogP contribution in [0.4, 0.5) is 0 Å². The minimum absolute atomic E-state index is 0.343. The Hall–Kier alpha value is -3.18. The van der Waals surface area contributed by atoms with E-state index in [0.717, 1.165) is 5.46 Å². The summed E-state index contributed by atoms with van der Waals surface area (Å²) < 4.78 is 15.2. The maximum atomic E-state index is 6.27. The van der Waals surface area contributed by atoms with Crippen molar-refractivity contribution in [3.05, 3.63) is 91.0 Å². The molecule has 7 rings (SSSR count). The van der Waals surface area contributed by atoms with Crippen molar-refractivity contribution in [3.8, 4) is 11.1 Å². The first-order valence-electron chi connectivity index (χ1n) is 12.5. The summed E-state index contributed by atoms with van der Waals surface area (Å²) in [6, 6.07) is 33.0. The molecule has 176 valence electrons. The Morgan fingerprint density at radius 3 is 1.78 bits per heavy atom. The monoisotopic (exact) mass is 486 g/mol. The molecule has 0 N–H and O–H groups in total. The minimum atomic E-state index is -0.345. The average molecular weight is 486 g/mol. The van der Waals surface area contributed by atoms with Gasteiger partial charge in [0.2, 0.25) is 0 Å². The minimum Gasteiger partial charge on any atom is -0.399 e. The highest BCUT2D eigenvalue weighted by Gasteiger charge is 2.51. The van der Waals surface area contributed by atoms with Crippen molar-refractivity contribution in [2.45, 2.75) is 38.9 Å². The largest absolute Gasteiger partial charge is 0.494 e. The predicted molar refractivity (Wildman–Crippen MR) is 155 cm³/mol. The summed E-state index contributed by atoms with van der Waals surface area (Å²) in [5.41, 5.74) is 2.84. The molecule has 6 aromatic rings. The Labute approximate surface area is 215 Å². The molecule has 0 saturated carbocycles. The third kappa shape index (κ3) is 3.11. The summed E-state index contributed by atoms with van der Waals surface area (Å²) in [5.74, 6) is 0. The van der Waals surface area contributed by atoms with Crippen LogP contribution >= 0.6 is 11.3 Å². The Kier molecular flexibility index (Phi) is 4.69. The van der Waals surface area contributed by atoms with E-state index in [9.17, 15) is 0 Å². The van der Waals surface area contributed by atoms with E-state index >= 15 is 0 Å². The molecule has 0 unspecified atom stereocenters. The van der Waals surface area contributed by atoms with Crippen LogP contribution in [0.25, 0.3) is 52.8 Å². The zero-order chi connectivity index (χ0) is 24.7. The van der Waals surface area contributed by atoms with Crippen molar-refractivity contribution in [1.82, 2.24) is 0 Å². The zero-order valence-electron chi connectivity index (χ0n) is 21.0. The van der Waals surface area contributed by atoms with Crippen molar-refractivity contribution >= 4 is 65.6 Å². The van der Waals surface area contributed by atoms with Crippen LogP contribution in [0.15, 0.2) is 91.0 Å². The van der Waals surface area contributed by atoms with Gasteiger partial charge in [-0.2, -0.15) is 0 Å². The third-order valence-corrected chi connectivity index (χ3v) is 9.39. The summed E-state index contributed by atoms with van der Waals surface area (Å²) >= 11 is 1.91. The fourth-order valence-electron chi connectivity index (χ4n) is 5.45. The van der Waals surface area contributed by atoms with E-state index < -0.39 is 0 Å². The molecule has 5 aromatic carbocycles. The van der Waals surface area contributed by atoms with Gasteiger partial charge in [-0.3, -0.25) is 0 Å². The summed E-state index contributed by atoms with van der Waals surface area (Å²) in [6.45, 7) is 8.38. The molecular formula is C32H27BO2S. The summed E-state index contributed by atoms with van der Waals surface area (Å²) in [5, 5.41) is 7.97. The average Bonchev–Trinajstić information content (AvgIpc) is 3.38. The molecule has 2 nitrogen and oxygen atoms in total. The fourth-order valence-corrected chi connectivity index (χ4v) is 6.84. The highest BCUT2D eigenvalue weighted by atomic mass is 32.1. The highest BCUT2D eigenvalue weighted by molar-refractivity contribution is 7.27. The van der Waals surface area contributed by atoms with Gasteiger partial charge in [-0.1, -0.05) is 91.0 Å². The van der Waals surface area contributed by atoms with Crippen molar-refractivity contribution in [1.29, 1.82) is 0 Å². The maximum absolute atomic E-state index is 6.27. The molecule has 0 amide bonds. The first kappa shape index (κ1) is 22.1. The van der Waals surface area contributed by atoms with Gasteiger partial charge in [0, 0.05) is 25.6 Å². The van der Waals surface area contributed by atoms with Crippen molar-refractivity contribution in [2.24, 2.45) is 0 Å². The maximum Gasteiger partial charge on any atom is 0.494 e. The van der Waals surface area contributed by atoms with Crippen LogP contribution in [0, 0.1) is 0 Å². The smallest absolute Gasteiger partial charge is 0.399 e. The molecule has 0 spiro atoms. The van der Waals surface area contributed by atoms with Crippen LogP contribution in [0.1, 0.15) is 27.7 Å². The summed E-state index contributed by atoms with van der Waals surface area (Å²) in [6.07, 6.45) is 0. The molecular weight excluding hydrogens is 459 g/mol.